The highest BCUT2D eigenvalue weighted by atomic mass is 16.5. The topological polar surface area (TPSA) is 72.9 Å². The van der Waals surface area contributed by atoms with Crippen LogP contribution in [0.3, 0.4) is 0 Å². The van der Waals surface area contributed by atoms with Gasteiger partial charge in [-0.15, -0.1) is 0 Å². The summed E-state index contributed by atoms with van der Waals surface area (Å²) in [6.45, 7) is 4.62. The Bertz CT molecular complexity index is 1320. The molecule has 0 saturated heterocycles. The Hall–Kier alpha value is -3.80. The summed E-state index contributed by atoms with van der Waals surface area (Å²) in [5, 5.41) is 0.474. The molecule has 4 aromatic rings. The van der Waals surface area contributed by atoms with Gasteiger partial charge in [-0.2, -0.15) is 0 Å². The largest absolute Gasteiger partial charge is 0.494 e. The van der Waals surface area contributed by atoms with Crippen LogP contribution in [0.15, 0.2) is 74.5 Å². The molecule has 31 heavy (non-hydrogen) atoms. The van der Waals surface area contributed by atoms with Crippen LogP contribution in [0.2, 0.25) is 0 Å². The minimum atomic E-state index is -0.579. The molecule has 0 radical (unpaired) electrons. The fourth-order valence-electron chi connectivity index (χ4n) is 4.13. The second-order valence-corrected chi connectivity index (χ2v) is 7.59. The van der Waals surface area contributed by atoms with Crippen LogP contribution >= 0.6 is 0 Å². The maximum Gasteiger partial charge on any atom is 0.291 e. The van der Waals surface area contributed by atoms with Crippen molar-refractivity contribution in [2.75, 3.05) is 6.61 Å². The fraction of sp³-hybridized carbons (Fsp3) is 0.200. The highest BCUT2D eigenvalue weighted by Crippen LogP contribution is 2.39. The molecule has 0 bridgehead atoms. The van der Waals surface area contributed by atoms with E-state index in [2.05, 4.69) is 0 Å². The number of carbonyl (C=O) groups is 1. The van der Waals surface area contributed by atoms with Crippen molar-refractivity contribution in [3.05, 3.63) is 99.3 Å². The van der Waals surface area contributed by atoms with Crippen LogP contribution in [0, 0.1) is 6.92 Å². The molecule has 1 aliphatic heterocycles. The first-order valence-electron chi connectivity index (χ1n) is 10.2. The number of nitrogens with zero attached hydrogens (tertiary/aromatic N) is 1. The van der Waals surface area contributed by atoms with Gasteiger partial charge in [0, 0.05) is 0 Å². The van der Waals surface area contributed by atoms with Gasteiger partial charge in [-0.3, -0.25) is 9.59 Å². The van der Waals surface area contributed by atoms with Crippen molar-refractivity contribution >= 4 is 16.9 Å². The zero-order valence-electron chi connectivity index (χ0n) is 17.3. The molecule has 0 unspecified atom stereocenters. The van der Waals surface area contributed by atoms with Crippen molar-refractivity contribution in [2.45, 2.75) is 26.4 Å². The Labute approximate surface area is 178 Å². The minimum absolute atomic E-state index is 0.0896. The lowest BCUT2D eigenvalue weighted by molar-refractivity contribution is 0.0701. The van der Waals surface area contributed by atoms with Gasteiger partial charge in [0.05, 0.1) is 36.4 Å². The van der Waals surface area contributed by atoms with E-state index in [1.165, 1.54) is 0 Å². The van der Waals surface area contributed by atoms with Gasteiger partial charge in [0.15, 0.2) is 5.43 Å². The standard InChI is InChI=1S/C25H21NO5/c1-3-29-17-9-7-16(8-10-17)22-21-23(27)19-13-15(2)6-11-20(19)31-24(21)25(28)26(22)14-18-5-4-12-30-18/h4-13,22H,3,14H2,1-2H3/t22-/m0/s1. The summed E-state index contributed by atoms with van der Waals surface area (Å²) >= 11 is 0. The number of fused-ring (bicyclic) bond motifs is 2. The van der Waals surface area contributed by atoms with E-state index in [0.29, 0.717) is 28.9 Å². The number of furan rings is 1. The van der Waals surface area contributed by atoms with E-state index in [1.807, 2.05) is 44.2 Å². The monoisotopic (exact) mass is 415 g/mol. The van der Waals surface area contributed by atoms with E-state index in [1.54, 1.807) is 35.4 Å². The van der Waals surface area contributed by atoms with E-state index < -0.39 is 6.04 Å². The third-order valence-corrected chi connectivity index (χ3v) is 5.53. The molecule has 1 aliphatic rings. The Balaban J connectivity index is 1.70. The molecule has 0 saturated carbocycles. The van der Waals surface area contributed by atoms with Crippen LogP contribution in [0.4, 0.5) is 0 Å². The molecular formula is C25H21NO5. The summed E-state index contributed by atoms with van der Waals surface area (Å²) in [6, 6.07) is 15.9. The minimum Gasteiger partial charge on any atom is -0.494 e. The van der Waals surface area contributed by atoms with Crippen molar-refractivity contribution in [2.24, 2.45) is 0 Å². The number of amides is 1. The molecule has 0 fully saturated rings. The van der Waals surface area contributed by atoms with Crippen LogP contribution in [0.1, 0.15) is 46.0 Å². The smallest absolute Gasteiger partial charge is 0.291 e. The second kappa shape index (κ2) is 7.47. The van der Waals surface area contributed by atoms with Gasteiger partial charge in [0.1, 0.15) is 17.1 Å². The number of hydrogen-bond donors (Lipinski definition) is 0. The Morgan fingerprint density at radius 3 is 2.58 bits per heavy atom. The van der Waals surface area contributed by atoms with Crippen molar-refractivity contribution in [1.82, 2.24) is 4.90 Å². The van der Waals surface area contributed by atoms with Crippen molar-refractivity contribution in [1.29, 1.82) is 0 Å². The summed E-state index contributed by atoms with van der Waals surface area (Å²) in [7, 11) is 0. The molecule has 5 rings (SSSR count). The Morgan fingerprint density at radius 2 is 1.87 bits per heavy atom. The number of ether oxygens (including phenoxy) is 1. The summed E-state index contributed by atoms with van der Waals surface area (Å²) in [5.74, 6) is 1.12. The van der Waals surface area contributed by atoms with Crippen LogP contribution in [-0.4, -0.2) is 17.4 Å². The third kappa shape index (κ3) is 3.20. The first kappa shape index (κ1) is 19.2. The van der Waals surface area contributed by atoms with Crippen LogP contribution in [0.25, 0.3) is 11.0 Å². The van der Waals surface area contributed by atoms with E-state index in [9.17, 15) is 9.59 Å². The Kier molecular flexibility index (Phi) is 4.62. The highest BCUT2D eigenvalue weighted by Gasteiger charge is 2.43. The summed E-state index contributed by atoms with van der Waals surface area (Å²) in [5.41, 5.74) is 2.34. The molecule has 1 amide bonds. The van der Waals surface area contributed by atoms with Crippen molar-refractivity contribution < 1.29 is 18.4 Å². The first-order chi connectivity index (χ1) is 15.1. The SMILES string of the molecule is CCOc1ccc([C@H]2c3c(oc4ccc(C)cc4c3=O)C(=O)N2Cc2ccco2)cc1. The maximum absolute atomic E-state index is 13.5. The van der Waals surface area contributed by atoms with Gasteiger partial charge in [-0.05, 0) is 55.8 Å². The molecule has 156 valence electrons. The number of aryl methyl sites for hydroxylation is 1. The normalized spacial score (nSPS) is 15.5. The van der Waals surface area contributed by atoms with Gasteiger partial charge >= 0.3 is 0 Å². The van der Waals surface area contributed by atoms with E-state index in [-0.39, 0.29) is 23.6 Å². The highest BCUT2D eigenvalue weighted by molar-refractivity contribution is 5.99. The summed E-state index contributed by atoms with van der Waals surface area (Å²) in [4.78, 5) is 28.5. The van der Waals surface area contributed by atoms with Crippen molar-refractivity contribution in [3.8, 4) is 5.75 Å². The first-order valence-corrected chi connectivity index (χ1v) is 10.2. The average molecular weight is 415 g/mol. The predicted octanol–water partition coefficient (Wildman–Crippen LogP) is 4.84. The molecule has 2 aromatic carbocycles. The van der Waals surface area contributed by atoms with Gasteiger partial charge in [0.25, 0.3) is 5.91 Å². The molecule has 1 atom stereocenters. The van der Waals surface area contributed by atoms with Gasteiger partial charge in [-0.25, -0.2) is 0 Å². The molecule has 0 aliphatic carbocycles. The third-order valence-electron chi connectivity index (χ3n) is 5.53. The molecule has 3 heterocycles. The average Bonchev–Trinajstić information content (AvgIpc) is 3.37. The van der Waals surface area contributed by atoms with E-state index >= 15 is 0 Å². The molecular weight excluding hydrogens is 394 g/mol. The lowest BCUT2D eigenvalue weighted by atomic mass is 9.98. The van der Waals surface area contributed by atoms with Gasteiger partial charge < -0.3 is 18.5 Å². The zero-order valence-corrected chi connectivity index (χ0v) is 17.3. The van der Waals surface area contributed by atoms with E-state index in [0.717, 1.165) is 16.9 Å². The van der Waals surface area contributed by atoms with Gasteiger partial charge in [0.2, 0.25) is 5.76 Å². The zero-order chi connectivity index (χ0) is 21.5. The van der Waals surface area contributed by atoms with Crippen LogP contribution < -0.4 is 10.2 Å². The predicted molar refractivity (Wildman–Crippen MR) is 115 cm³/mol. The second-order valence-electron chi connectivity index (χ2n) is 7.59. The van der Waals surface area contributed by atoms with Crippen molar-refractivity contribution in [3.63, 3.8) is 0 Å². The number of benzene rings is 2. The molecule has 0 spiro atoms. The molecule has 0 N–H and O–H groups in total. The maximum atomic E-state index is 13.5. The van der Waals surface area contributed by atoms with Gasteiger partial charge in [-0.1, -0.05) is 23.8 Å². The summed E-state index contributed by atoms with van der Waals surface area (Å²) < 4.78 is 17.0. The summed E-state index contributed by atoms with van der Waals surface area (Å²) in [6.07, 6.45) is 1.56. The van der Waals surface area contributed by atoms with E-state index in [4.69, 9.17) is 13.6 Å². The molecule has 2 aromatic heterocycles. The molecule has 6 nitrogen and oxygen atoms in total. The quantitative estimate of drug-likeness (QED) is 0.466. The lowest BCUT2D eigenvalue weighted by Crippen LogP contribution is -2.29. The van der Waals surface area contributed by atoms with Crippen LogP contribution in [-0.2, 0) is 6.54 Å². The number of carbonyl (C=O) groups excluding carboxylic acids is 1. The molecule has 6 heteroatoms. The fourth-order valence-corrected chi connectivity index (χ4v) is 4.13. The van der Waals surface area contributed by atoms with Crippen LogP contribution in [0.5, 0.6) is 5.75 Å². The number of rotatable bonds is 5. The lowest BCUT2D eigenvalue weighted by Gasteiger charge is -2.24. The Morgan fingerprint density at radius 1 is 1.06 bits per heavy atom. The number of hydrogen-bond acceptors (Lipinski definition) is 5.